The first-order chi connectivity index (χ1) is 6.11. The number of rotatable bonds is 1. The molecule has 0 bridgehead atoms. The van der Waals surface area contributed by atoms with Gasteiger partial charge in [-0.25, -0.2) is 9.78 Å². The first-order valence-electron chi connectivity index (χ1n) is 3.61. The second kappa shape index (κ2) is 5.96. The Balaban J connectivity index is 0.000000424. The van der Waals surface area contributed by atoms with Crippen molar-refractivity contribution >= 4 is 5.97 Å². The molecule has 0 spiro atoms. The molecule has 0 aromatic carbocycles. The van der Waals surface area contributed by atoms with Gasteiger partial charge < -0.3 is 15.3 Å². The van der Waals surface area contributed by atoms with Crippen molar-refractivity contribution in [2.45, 2.75) is 6.92 Å². The standard InChI is InChI=1S/C6H5NO3.C2H6O/c8-5-3-4(6(9)10)1-2-7-5;1-2-3/h1-3H,(H,7,8)(H,9,10);3H,2H2,1H3. The SMILES string of the molecule is CCO.O=C(O)c1ccnc(O)c1. The van der Waals surface area contributed by atoms with E-state index in [9.17, 15) is 4.79 Å². The third-order valence-corrected chi connectivity index (χ3v) is 0.992. The van der Waals surface area contributed by atoms with E-state index in [1.807, 2.05) is 0 Å². The fraction of sp³-hybridized carbons (Fsp3) is 0.250. The van der Waals surface area contributed by atoms with Crippen LogP contribution in [0, 0.1) is 0 Å². The fourth-order valence-electron chi connectivity index (χ4n) is 0.551. The second-order valence-corrected chi connectivity index (χ2v) is 2.02. The fourth-order valence-corrected chi connectivity index (χ4v) is 0.551. The van der Waals surface area contributed by atoms with Crippen LogP contribution in [-0.2, 0) is 0 Å². The number of pyridine rings is 1. The summed E-state index contributed by atoms with van der Waals surface area (Å²) in [6.45, 7) is 1.93. The number of aromatic carboxylic acids is 1. The Morgan fingerprint density at radius 3 is 2.46 bits per heavy atom. The summed E-state index contributed by atoms with van der Waals surface area (Å²) in [4.78, 5) is 13.6. The number of hydrogen-bond donors (Lipinski definition) is 3. The van der Waals surface area contributed by atoms with E-state index in [-0.39, 0.29) is 18.1 Å². The van der Waals surface area contributed by atoms with Crippen LogP contribution in [0.5, 0.6) is 5.88 Å². The van der Waals surface area contributed by atoms with Crippen molar-refractivity contribution in [3.05, 3.63) is 23.9 Å². The van der Waals surface area contributed by atoms with Crippen LogP contribution >= 0.6 is 0 Å². The van der Waals surface area contributed by atoms with E-state index >= 15 is 0 Å². The van der Waals surface area contributed by atoms with Crippen molar-refractivity contribution < 1.29 is 20.1 Å². The van der Waals surface area contributed by atoms with Gasteiger partial charge in [-0.3, -0.25) is 0 Å². The molecular weight excluding hydrogens is 174 g/mol. The molecule has 72 valence electrons. The number of aliphatic hydroxyl groups excluding tert-OH is 1. The van der Waals surface area contributed by atoms with E-state index < -0.39 is 5.97 Å². The van der Waals surface area contributed by atoms with Crippen LogP contribution in [0.1, 0.15) is 17.3 Å². The predicted molar refractivity (Wildman–Crippen MR) is 45.6 cm³/mol. The average Bonchev–Trinajstić information content (AvgIpc) is 2.05. The third kappa shape index (κ3) is 4.76. The Labute approximate surface area is 75.3 Å². The highest BCUT2D eigenvalue weighted by atomic mass is 16.4. The summed E-state index contributed by atoms with van der Waals surface area (Å²) >= 11 is 0. The topological polar surface area (TPSA) is 90.7 Å². The minimum Gasteiger partial charge on any atom is -0.493 e. The van der Waals surface area contributed by atoms with Gasteiger partial charge in [0.15, 0.2) is 0 Å². The first-order valence-corrected chi connectivity index (χ1v) is 3.61. The molecule has 0 radical (unpaired) electrons. The minimum atomic E-state index is -1.07. The molecule has 0 aliphatic rings. The zero-order chi connectivity index (χ0) is 10.3. The third-order valence-electron chi connectivity index (χ3n) is 0.992. The maximum absolute atomic E-state index is 10.2. The highest BCUT2D eigenvalue weighted by Crippen LogP contribution is 2.05. The second-order valence-electron chi connectivity index (χ2n) is 2.02. The van der Waals surface area contributed by atoms with Crippen LogP contribution in [0.2, 0.25) is 0 Å². The number of aromatic nitrogens is 1. The number of nitrogens with zero attached hydrogens (tertiary/aromatic N) is 1. The molecule has 0 saturated carbocycles. The van der Waals surface area contributed by atoms with E-state index in [0.717, 1.165) is 6.07 Å². The molecular formula is C8H11NO4. The molecule has 0 unspecified atom stereocenters. The van der Waals surface area contributed by atoms with Crippen LogP contribution in [0.3, 0.4) is 0 Å². The number of aliphatic hydroxyl groups is 1. The zero-order valence-electron chi connectivity index (χ0n) is 7.14. The summed E-state index contributed by atoms with van der Waals surface area (Å²) in [5, 5.41) is 24.6. The van der Waals surface area contributed by atoms with E-state index in [2.05, 4.69) is 4.98 Å². The Morgan fingerprint density at radius 2 is 2.15 bits per heavy atom. The molecule has 13 heavy (non-hydrogen) atoms. The molecule has 0 amide bonds. The Hall–Kier alpha value is -1.62. The van der Waals surface area contributed by atoms with Gasteiger partial charge in [0.2, 0.25) is 5.88 Å². The molecule has 0 aliphatic carbocycles. The van der Waals surface area contributed by atoms with Crippen molar-refractivity contribution in [1.29, 1.82) is 0 Å². The largest absolute Gasteiger partial charge is 0.493 e. The quantitative estimate of drug-likeness (QED) is 0.592. The lowest BCUT2D eigenvalue weighted by Crippen LogP contribution is -1.95. The Morgan fingerprint density at radius 1 is 1.62 bits per heavy atom. The number of aromatic hydroxyl groups is 1. The molecule has 0 aliphatic heterocycles. The molecule has 3 N–H and O–H groups in total. The molecule has 5 nitrogen and oxygen atoms in total. The van der Waals surface area contributed by atoms with Crippen LogP contribution in [-0.4, -0.2) is 32.9 Å². The van der Waals surface area contributed by atoms with Gasteiger partial charge in [-0.1, -0.05) is 0 Å². The highest BCUT2D eigenvalue weighted by molar-refractivity contribution is 5.87. The smallest absolute Gasteiger partial charge is 0.335 e. The molecule has 0 saturated heterocycles. The lowest BCUT2D eigenvalue weighted by molar-refractivity contribution is 0.0696. The highest BCUT2D eigenvalue weighted by Gasteiger charge is 2.01. The summed E-state index contributed by atoms with van der Waals surface area (Å²) in [6, 6.07) is 2.39. The molecule has 0 atom stereocenters. The Kier molecular flexibility index (Phi) is 5.22. The van der Waals surface area contributed by atoms with E-state index in [1.54, 1.807) is 6.92 Å². The number of carbonyl (C=O) groups is 1. The van der Waals surface area contributed by atoms with E-state index in [1.165, 1.54) is 12.3 Å². The molecule has 1 heterocycles. The normalized spacial score (nSPS) is 8.46. The molecule has 0 fully saturated rings. The van der Waals surface area contributed by atoms with Crippen LogP contribution in [0.25, 0.3) is 0 Å². The van der Waals surface area contributed by atoms with Gasteiger partial charge in [-0.05, 0) is 13.0 Å². The van der Waals surface area contributed by atoms with Crippen molar-refractivity contribution in [2.24, 2.45) is 0 Å². The van der Waals surface area contributed by atoms with E-state index in [0.29, 0.717) is 0 Å². The van der Waals surface area contributed by atoms with Crippen LogP contribution in [0.4, 0.5) is 0 Å². The maximum atomic E-state index is 10.2. The summed E-state index contributed by atoms with van der Waals surface area (Å²) < 4.78 is 0. The summed E-state index contributed by atoms with van der Waals surface area (Å²) in [6.07, 6.45) is 1.23. The van der Waals surface area contributed by atoms with Crippen LogP contribution in [0.15, 0.2) is 18.3 Å². The van der Waals surface area contributed by atoms with Crippen molar-refractivity contribution in [3.8, 4) is 5.88 Å². The Bertz CT molecular complexity index is 275. The molecule has 1 rings (SSSR count). The molecule has 5 heteroatoms. The van der Waals surface area contributed by atoms with Gasteiger partial charge in [0.1, 0.15) is 0 Å². The van der Waals surface area contributed by atoms with Gasteiger partial charge in [-0.2, -0.15) is 0 Å². The summed E-state index contributed by atoms with van der Waals surface area (Å²) in [5.74, 6) is -1.35. The van der Waals surface area contributed by atoms with Gasteiger partial charge in [-0.15, -0.1) is 0 Å². The number of carboxylic acid groups (broad SMARTS) is 1. The number of carboxylic acids is 1. The molecule has 1 aromatic heterocycles. The first kappa shape index (κ1) is 11.4. The monoisotopic (exact) mass is 185 g/mol. The van der Waals surface area contributed by atoms with Gasteiger partial charge >= 0.3 is 5.97 Å². The number of hydrogen-bond acceptors (Lipinski definition) is 4. The zero-order valence-corrected chi connectivity index (χ0v) is 7.14. The lowest BCUT2D eigenvalue weighted by Gasteiger charge is -1.91. The lowest BCUT2D eigenvalue weighted by atomic mass is 10.3. The predicted octanol–water partition coefficient (Wildman–Crippen LogP) is 0.484. The van der Waals surface area contributed by atoms with Crippen molar-refractivity contribution in [2.75, 3.05) is 6.61 Å². The minimum absolute atomic E-state index is 0.0347. The van der Waals surface area contributed by atoms with Crippen molar-refractivity contribution in [3.63, 3.8) is 0 Å². The van der Waals surface area contributed by atoms with E-state index in [4.69, 9.17) is 15.3 Å². The molecule has 1 aromatic rings. The maximum Gasteiger partial charge on any atom is 0.335 e. The van der Waals surface area contributed by atoms with Gasteiger partial charge in [0, 0.05) is 18.9 Å². The average molecular weight is 185 g/mol. The van der Waals surface area contributed by atoms with Gasteiger partial charge in [0.05, 0.1) is 5.56 Å². The van der Waals surface area contributed by atoms with Gasteiger partial charge in [0.25, 0.3) is 0 Å². The van der Waals surface area contributed by atoms with Crippen LogP contribution < -0.4 is 0 Å². The summed E-state index contributed by atoms with van der Waals surface area (Å²) in [7, 11) is 0. The summed E-state index contributed by atoms with van der Waals surface area (Å²) in [5.41, 5.74) is 0.0347. The van der Waals surface area contributed by atoms with Crippen molar-refractivity contribution in [1.82, 2.24) is 4.98 Å².